The first-order chi connectivity index (χ1) is 14.3. The molecule has 30 heavy (non-hydrogen) atoms. The maximum absolute atomic E-state index is 6.74. The standard InChI is InChI=1S/C28H30NO/c1-15(2)19-8-9-20-14-29(7)27-25-18(6)17(5)10-22-11-21(16(3)4)13-24(26(22)25)30-28(27)23(20)12-19/h8-16H,1-7H3/q+1. The van der Waals surface area contributed by atoms with E-state index in [9.17, 15) is 0 Å². The fourth-order valence-electron chi connectivity index (χ4n) is 4.78. The Hall–Kier alpha value is -2.87. The number of rotatable bonds is 2. The van der Waals surface area contributed by atoms with Crippen molar-refractivity contribution in [2.24, 2.45) is 7.05 Å². The minimum absolute atomic E-state index is 0.455. The highest BCUT2D eigenvalue weighted by molar-refractivity contribution is 6.07. The second kappa shape index (κ2) is 6.57. The zero-order chi connectivity index (χ0) is 21.3. The third-order valence-corrected chi connectivity index (χ3v) is 6.75. The number of ether oxygens (including phenoxy) is 1. The lowest BCUT2D eigenvalue weighted by molar-refractivity contribution is -0.659. The van der Waals surface area contributed by atoms with Crippen LogP contribution in [0.15, 0.2) is 42.6 Å². The monoisotopic (exact) mass is 396 g/mol. The number of pyridine rings is 1. The zero-order valence-electron chi connectivity index (χ0n) is 19.1. The molecule has 0 aliphatic carbocycles. The van der Waals surface area contributed by atoms with E-state index in [1.54, 1.807) is 0 Å². The Bertz CT molecular complexity index is 1340. The molecule has 2 nitrogen and oxygen atoms in total. The topological polar surface area (TPSA) is 13.1 Å². The minimum atomic E-state index is 0.455. The third-order valence-electron chi connectivity index (χ3n) is 6.75. The van der Waals surface area contributed by atoms with Crippen LogP contribution in [-0.4, -0.2) is 0 Å². The van der Waals surface area contributed by atoms with Crippen LogP contribution in [-0.2, 0) is 7.05 Å². The smallest absolute Gasteiger partial charge is 0.257 e. The largest absolute Gasteiger partial charge is 0.449 e. The summed E-state index contributed by atoms with van der Waals surface area (Å²) in [5.74, 6) is 2.91. The molecule has 1 aromatic heterocycles. The molecular weight excluding hydrogens is 366 g/mol. The van der Waals surface area contributed by atoms with Crippen molar-refractivity contribution in [3.05, 3.63) is 64.8 Å². The van der Waals surface area contributed by atoms with Gasteiger partial charge in [0, 0.05) is 16.2 Å². The lowest BCUT2D eigenvalue weighted by Crippen LogP contribution is -2.32. The van der Waals surface area contributed by atoms with E-state index in [2.05, 4.69) is 95.8 Å². The molecule has 1 aliphatic rings. The molecule has 2 heteroatoms. The molecule has 3 aromatic carbocycles. The summed E-state index contributed by atoms with van der Waals surface area (Å²) in [5.41, 5.74) is 7.82. The second-order valence-electron chi connectivity index (χ2n) is 9.49. The van der Waals surface area contributed by atoms with E-state index in [1.165, 1.54) is 55.1 Å². The number of hydrogen-bond acceptors (Lipinski definition) is 1. The van der Waals surface area contributed by atoms with E-state index in [0.29, 0.717) is 11.8 Å². The first-order valence-corrected chi connectivity index (χ1v) is 11.0. The van der Waals surface area contributed by atoms with Gasteiger partial charge in [0.2, 0.25) is 5.75 Å². The molecule has 152 valence electrons. The first kappa shape index (κ1) is 19.1. The Morgan fingerprint density at radius 3 is 2.27 bits per heavy atom. The van der Waals surface area contributed by atoms with Crippen molar-refractivity contribution in [2.45, 2.75) is 53.4 Å². The molecule has 0 unspecified atom stereocenters. The Balaban J connectivity index is 1.95. The van der Waals surface area contributed by atoms with Gasteiger partial charge in [0.05, 0.1) is 5.56 Å². The van der Waals surface area contributed by atoms with Crippen LogP contribution in [0, 0.1) is 13.8 Å². The van der Waals surface area contributed by atoms with Crippen molar-refractivity contribution >= 4 is 21.5 Å². The highest BCUT2D eigenvalue weighted by Gasteiger charge is 2.32. The number of fused-ring (bicyclic) bond motifs is 4. The summed E-state index contributed by atoms with van der Waals surface area (Å²) in [6.07, 6.45) is 2.24. The van der Waals surface area contributed by atoms with Gasteiger partial charge in [-0.1, -0.05) is 45.9 Å². The van der Waals surface area contributed by atoms with Gasteiger partial charge in [0.25, 0.3) is 5.69 Å². The number of benzene rings is 3. The van der Waals surface area contributed by atoms with E-state index in [-0.39, 0.29) is 0 Å². The van der Waals surface area contributed by atoms with Crippen LogP contribution < -0.4 is 9.30 Å². The highest BCUT2D eigenvalue weighted by atomic mass is 16.5. The van der Waals surface area contributed by atoms with E-state index < -0.39 is 0 Å². The fraction of sp³-hybridized carbons (Fsp3) is 0.321. The first-order valence-electron chi connectivity index (χ1n) is 11.0. The molecule has 0 N–H and O–H groups in total. The van der Waals surface area contributed by atoms with Crippen LogP contribution in [0.3, 0.4) is 0 Å². The third kappa shape index (κ3) is 2.66. The summed E-state index contributed by atoms with van der Waals surface area (Å²) in [4.78, 5) is 0. The van der Waals surface area contributed by atoms with Crippen molar-refractivity contribution in [1.29, 1.82) is 0 Å². The van der Waals surface area contributed by atoms with Crippen LogP contribution >= 0.6 is 0 Å². The second-order valence-corrected chi connectivity index (χ2v) is 9.49. The SMILES string of the molecule is Cc1cc2cc(C(C)C)cc3c2c(c1C)-c1c(c2cc(C(C)C)ccc2c[n+]1C)O3. The Morgan fingerprint density at radius 2 is 1.57 bits per heavy atom. The van der Waals surface area contributed by atoms with E-state index in [4.69, 9.17) is 4.74 Å². The van der Waals surface area contributed by atoms with Gasteiger partial charge in [-0.15, -0.1) is 0 Å². The van der Waals surface area contributed by atoms with Gasteiger partial charge >= 0.3 is 0 Å². The van der Waals surface area contributed by atoms with Crippen LogP contribution in [0.1, 0.15) is 61.8 Å². The van der Waals surface area contributed by atoms with Gasteiger partial charge in [0.15, 0.2) is 6.20 Å². The average molecular weight is 397 g/mol. The van der Waals surface area contributed by atoms with Gasteiger partial charge in [0.1, 0.15) is 12.8 Å². The summed E-state index contributed by atoms with van der Waals surface area (Å²) in [6, 6.07) is 13.7. The molecule has 0 spiro atoms. The molecule has 0 fully saturated rings. The maximum atomic E-state index is 6.74. The zero-order valence-corrected chi connectivity index (χ0v) is 19.1. The van der Waals surface area contributed by atoms with Crippen molar-refractivity contribution in [1.82, 2.24) is 0 Å². The van der Waals surface area contributed by atoms with E-state index >= 15 is 0 Å². The molecule has 0 saturated heterocycles. The highest BCUT2D eigenvalue weighted by Crippen LogP contribution is 2.50. The molecule has 0 bridgehead atoms. The molecule has 0 radical (unpaired) electrons. The fourth-order valence-corrected chi connectivity index (χ4v) is 4.78. The predicted molar refractivity (Wildman–Crippen MR) is 126 cm³/mol. The number of aryl methyl sites for hydroxylation is 2. The van der Waals surface area contributed by atoms with Crippen LogP contribution in [0.2, 0.25) is 0 Å². The van der Waals surface area contributed by atoms with E-state index in [1.807, 2.05) is 0 Å². The van der Waals surface area contributed by atoms with Gasteiger partial charge in [-0.3, -0.25) is 0 Å². The molecule has 2 heterocycles. The molecule has 1 aliphatic heterocycles. The lowest BCUT2D eigenvalue weighted by atomic mass is 9.87. The van der Waals surface area contributed by atoms with E-state index in [0.717, 1.165) is 11.5 Å². The quantitative estimate of drug-likeness (QED) is 0.282. The van der Waals surface area contributed by atoms with Crippen molar-refractivity contribution in [2.75, 3.05) is 0 Å². The Kier molecular flexibility index (Phi) is 4.18. The summed E-state index contributed by atoms with van der Waals surface area (Å²) >= 11 is 0. The van der Waals surface area contributed by atoms with Crippen molar-refractivity contribution in [3.8, 4) is 22.8 Å². The predicted octanol–water partition coefficient (Wildman–Crippen LogP) is 7.45. The summed E-state index contributed by atoms with van der Waals surface area (Å²) in [5, 5.41) is 4.93. The Labute approximate surface area is 179 Å². The Morgan fingerprint density at radius 1 is 0.833 bits per heavy atom. The summed E-state index contributed by atoms with van der Waals surface area (Å²) in [6.45, 7) is 13.5. The minimum Gasteiger partial charge on any atom is -0.449 e. The van der Waals surface area contributed by atoms with Gasteiger partial charge in [-0.2, -0.15) is 4.57 Å². The van der Waals surface area contributed by atoms with Crippen LogP contribution in [0.4, 0.5) is 0 Å². The summed E-state index contributed by atoms with van der Waals surface area (Å²) < 4.78 is 8.99. The molecule has 4 aromatic rings. The number of aromatic nitrogens is 1. The molecular formula is C28H30NO+. The van der Waals surface area contributed by atoms with Gasteiger partial charge in [-0.05, 0) is 71.5 Å². The summed E-state index contributed by atoms with van der Waals surface area (Å²) in [7, 11) is 2.14. The molecule has 0 saturated carbocycles. The van der Waals surface area contributed by atoms with Gasteiger partial charge in [-0.25, -0.2) is 0 Å². The maximum Gasteiger partial charge on any atom is 0.257 e. The molecule has 0 atom stereocenters. The average Bonchev–Trinajstić information content (AvgIpc) is 2.70. The normalized spacial score (nSPS) is 12.7. The van der Waals surface area contributed by atoms with Crippen molar-refractivity contribution < 1.29 is 9.30 Å². The molecule has 0 amide bonds. The number of hydrogen-bond donors (Lipinski definition) is 0. The lowest BCUT2D eigenvalue weighted by Gasteiger charge is -2.24. The number of nitrogens with zero attached hydrogens (tertiary/aromatic N) is 1. The van der Waals surface area contributed by atoms with Gasteiger partial charge < -0.3 is 4.74 Å². The van der Waals surface area contributed by atoms with Crippen LogP contribution in [0.25, 0.3) is 32.8 Å². The van der Waals surface area contributed by atoms with Crippen molar-refractivity contribution in [3.63, 3.8) is 0 Å². The van der Waals surface area contributed by atoms with Crippen LogP contribution in [0.5, 0.6) is 11.5 Å². The molecule has 5 rings (SSSR count).